The molecule has 3 N–H and O–H groups in total. The molecule has 0 radical (unpaired) electrons. The van der Waals surface area contributed by atoms with Crippen LogP contribution in [0.2, 0.25) is 0 Å². The highest BCUT2D eigenvalue weighted by Crippen LogP contribution is 2.28. The highest BCUT2D eigenvalue weighted by atomic mass is 16.5. The molecule has 1 atom stereocenters. The second kappa shape index (κ2) is 8.22. The van der Waals surface area contributed by atoms with Crippen LogP contribution in [-0.2, 0) is 29.0 Å². The maximum absolute atomic E-state index is 12.1. The first-order chi connectivity index (χ1) is 13.0. The number of carbonyl (C=O) groups excluding carboxylic acids is 2. The lowest BCUT2D eigenvalue weighted by atomic mass is 9.80. The number of para-hydroxylation sites is 1. The highest BCUT2D eigenvalue weighted by molar-refractivity contribution is 6.35. The minimum absolute atomic E-state index is 0.0439. The fourth-order valence-corrected chi connectivity index (χ4v) is 3.36. The molecule has 0 aromatic heterocycles. The van der Waals surface area contributed by atoms with Crippen molar-refractivity contribution < 1.29 is 19.4 Å². The molecule has 142 valence electrons. The fraction of sp³-hybridized carbons (Fsp3) is 0.333. The standard InChI is InChI=1S/C21H24N2O4/c1-27-18-9-5-4-8-17(18)13-22-19(24)20(25)23-14-21(26)11-10-15-6-2-3-7-16(15)12-21/h2-9,26H,10-14H2,1H3,(H,22,24)(H,23,25)/t21-/m0/s1. The highest BCUT2D eigenvalue weighted by Gasteiger charge is 2.32. The van der Waals surface area contributed by atoms with E-state index in [1.165, 1.54) is 5.56 Å². The molecule has 0 aliphatic heterocycles. The molecule has 0 unspecified atom stereocenters. The number of hydrogen-bond acceptors (Lipinski definition) is 4. The molecule has 6 heteroatoms. The van der Waals surface area contributed by atoms with E-state index in [1.54, 1.807) is 13.2 Å². The molecule has 0 saturated carbocycles. The smallest absolute Gasteiger partial charge is 0.309 e. The third kappa shape index (κ3) is 4.65. The molecule has 2 aromatic rings. The molecular weight excluding hydrogens is 344 g/mol. The van der Waals surface area contributed by atoms with Gasteiger partial charge < -0.3 is 20.5 Å². The zero-order valence-electron chi connectivity index (χ0n) is 15.3. The maximum Gasteiger partial charge on any atom is 0.309 e. The van der Waals surface area contributed by atoms with Crippen LogP contribution in [0.15, 0.2) is 48.5 Å². The van der Waals surface area contributed by atoms with Crippen molar-refractivity contribution in [1.82, 2.24) is 10.6 Å². The van der Waals surface area contributed by atoms with Gasteiger partial charge in [-0.15, -0.1) is 0 Å². The van der Waals surface area contributed by atoms with E-state index in [0.717, 1.165) is 17.5 Å². The SMILES string of the molecule is COc1ccccc1CNC(=O)C(=O)NC[C@]1(O)CCc2ccccc2C1. The van der Waals surface area contributed by atoms with Gasteiger partial charge in [0.1, 0.15) is 5.75 Å². The second-order valence-corrected chi connectivity index (χ2v) is 6.85. The predicted octanol–water partition coefficient (Wildman–Crippen LogP) is 1.35. The Kier molecular flexibility index (Phi) is 5.76. The number of ether oxygens (including phenoxy) is 1. The number of amides is 2. The Morgan fingerprint density at radius 3 is 2.48 bits per heavy atom. The van der Waals surface area contributed by atoms with Gasteiger partial charge in [-0.3, -0.25) is 9.59 Å². The fourth-order valence-electron chi connectivity index (χ4n) is 3.36. The molecule has 1 aliphatic carbocycles. The Labute approximate surface area is 158 Å². The summed E-state index contributed by atoms with van der Waals surface area (Å²) >= 11 is 0. The molecule has 0 fully saturated rings. The van der Waals surface area contributed by atoms with E-state index in [9.17, 15) is 14.7 Å². The molecular formula is C21H24N2O4. The van der Waals surface area contributed by atoms with Crippen molar-refractivity contribution in [2.75, 3.05) is 13.7 Å². The Balaban J connectivity index is 1.51. The maximum atomic E-state index is 12.1. The van der Waals surface area contributed by atoms with Crippen LogP contribution >= 0.6 is 0 Å². The summed E-state index contributed by atoms with van der Waals surface area (Å²) in [5.41, 5.74) is 2.06. The molecule has 6 nitrogen and oxygen atoms in total. The first-order valence-corrected chi connectivity index (χ1v) is 8.98. The van der Waals surface area contributed by atoms with Crippen LogP contribution in [-0.4, -0.2) is 36.2 Å². The van der Waals surface area contributed by atoms with Crippen LogP contribution in [0.3, 0.4) is 0 Å². The normalized spacial score (nSPS) is 18.3. The number of carbonyl (C=O) groups is 2. The van der Waals surface area contributed by atoms with Gasteiger partial charge in [0.05, 0.1) is 12.7 Å². The summed E-state index contributed by atoms with van der Waals surface area (Å²) in [6, 6.07) is 15.2. The van der Waals surface area contributed by atoms with E-state index in [-0.39, 0.29) is 13.1 Å². The lowest BCUT2D eigenvalue weighted by Gasteiger charge is -2.33. The van der Waals surface area contributed by atoms with Crippen molar-refractivity contribution >= 4 is 11.8 Å². The van der Waals surface area contributed by atoms with Crippen molar-refractivity contribution in [1.29, 1.82) is 0 Å². The van der Waals surface area contributed by atoms with E-state index in [1.807, 2.05) is 36.4 Å². The Morgan fingerprint density at radius 2 is 1.70 bits per heavy atom. The summed E-state index contributed by atoms with van der Waals surface area (Å²) in [6.07, 6.45) is 1.77. The number of methoxy groups -OCH3 is 1. The lowest BCUT2D eigenvalue weighted by Crippen LogP contribution is -2.50. The number of aryl methyl sites for hydroxylation is 1. The first-order valence-electron chi connectivity index (χ1n) is 8.98. The topological polar surface area (TPSA) is 87.7 Å². The molecule has 3 rings (SSSR count). The van der Waals surface area contributed by atoms with Crippen LogP contribution in [0.5, 0.6) is 5.75 Å². The first kappa shape index (κ1) is 18.9. The largest absolute Gasteiger partial charge is 0.496 e. The Bertz CT molecular complexity index is 836. The van der Waals surface area contributed by atoms with Gasteiger partial charge in [-0.2, -0.15) is 0 Å². The summed E-state index contributed by atoms with van der Waals surface area (Å²) in [7, 11) is 1.55. The quantitative estimate of drug-likeness (QED) is 0.695. The Hall–Kier alpha value is -2.86. The molecule has 0 spiro atoms. The zero-order valence-corrected chi connectivity index (χ0v) is 15.3. The van der Waals surface area contributed by atoms with Crippen molar-refractivity contribution in [3.05, 3.63) is 65.2 Å². The van der Waals surface area contributed by atoms with Crippen molar-refractivity contribution in [3.63, 3.8) is 0 Å². The lowest BCUT2D eigenvalue weighted by molar-refractivity contribution is -0.140. The number of benzene rings is 2. The molecule has 2 aromatic carbocycles. The van der Waals surface area contributed by atoms with Gasteiger partial charge in [-0.1, -0.05) is 42.5 Å². The third-order valence-corrected chi connectivity index (χ3v) is 4.91. The number of fused-ring (bicyclic) bond motifs is 1. The molecule has 0 heterocycles. The van der Waals surface area contributed by atoms with Crippen LogP contribution in [0, 0.1) is 0 Å². The van der Waals surface area contributed by atoms with Crippen molar-refractivity contribution in [3.8, 4) is 5.75 Å². The minimum Gasteiger partial charge on any atom is -0.496 e. The molecule has 1 aliphatic rings. The summed E-state index contributed by atoms with van der Waals surface area (Å²) in [4.78, 5) is 24.1. The third-order valence-electron chi connectivity index (χ3n) is 4.91. The monoisotopic (exact) mass is 368 g/mol. The van der Waals surface area contributed by atoms with Gasteiger partial charge in [-0.05, 0) is 30.0 Å². The van der Waals surface area contributed by atoms with E-state index in [4.69, 9.17) is 4.74 Å². The van der Waals surface area contributed by atoms with E-state index < -0.39 is 17.4 Å². The molecule has 27 heavy (non-hydrogen) atoms. The number of aliphatic hydroxyl groups is 1. The number of nitrogens with one attached hydrogen (secondary N) is 2. The van der Waals surface area contributed by atoms with E-state index in [0.29, 0.717) is 18.6 Å². The molecule has 0 saturated heterocycles. The minimum atomic E-state index is -1.03. The number of hydrogen-bond donors (Lipinski definition) is 3. The summed E-state index contributed by atoms with van der Waals surface area (Å²) in [5.74, 6) is -0.841. The van der Waals surface area contributed by atoms with Gasteiger partial charge in [-0.25, -0.2) is 0 Å². The van der Waals surface area contributed by atoms with E-state index in [2.05, 4.69) is 16.7 Å². The van der Waals surface area contributed by atoms with Gasteiger partial charge in [0.2, 0.25) is 0 Å². The predicted molar refractivity (Wildman–Crippen MR) is 101 cm³/mol. The summed E-state index contributed by atoms with van der Waals surface area (Å²) in [5, 5.41) is 15.9. The van der Waals surface area contributed by atoms with Gasteiger partial charge in [0.25, 0.3) is 0 Å². The van der Waals surface area contributed by atoms with Crippen LogP contribution in [0.1, 0.15) is 23.1 Å². The average Bonchev–Trinajstić information content (AvgIpc) is 2.70. The van der Waals surface area contributed by atoms with Gasteiger partial charge in [0.15, 0.2) is 0 Å². The number of rotatable bonds is 5. The summed E-state index contributed by atoms with van der Waals surface area (Å²) in [6.45, 7) is 0.232. The van der Waals surface area contributed by atoms with Gasteiger partial charge in [0, 0.05) is 25.1 Å². The Morgan fingerprint density at radius 1 is 1.04 bits per heavy atom. The van der Waals surface area contributed by atoms with Gasteiger partial charge >= 0.3 is 11.8 Å². The van der Waals surface area contributed by atoms with Crippen molar-refractivity contribution in [2.24, 2.45) is 0 Å². The summed E-state index contributed by atoms with van der Waals surface area (Å²) < 4.78 is 5.22. The zero-order chi connectivity index (χ0) is 19.3. The molecule has 0 bridgehead atoms. The molecule has 2 amide bonds. The van der Waals surface area contributed by atoms with Crippen LogP contribution in [0.25, 0.3) is 0 Å². The average molecular weight is 368 g/mol. The van der Waals surface area contributed by atoms with Crippen molar-refractivity contribution in [2.45, 2.75) is 31.4 Å². The van der Waals surface area contributed by atoms with Crippen LogP contribution < -0.4 is 15.4 Å². The van der Waals surface area contributed by atoms with E-state index >= 15 is 0 Å². The van der Waals surface area contributed by atoms with Crippen LogP contribution in [0.4, 0.5) is 0 Å². The second-order valence-electron chi connectivity index (χ2n) is 6.85.